The number of amides is 1. The average molecular weight is 353 g/mol. The van der Waals surface area contributed by atoms with Crippen LogP contribution in [0.25, 0.3) is 22.5 Å². The fourth-order valence-electron chi connectivity index (χ4n) is 2.51. The predicted molar refractivity (Wildman–Crippen MR) is 89.5 cm³/mol. The lowest BCUT2D eigenvalue weighted by molar-refractivity contribution is -0.384. The molecule has 0 unspecified atom stereocenters. The van der Waals surface area contributed by atoms with Crippen molar-refractivity contribution in [3.8, 4) is 11.5 Å². The Bertz CT molecular complexity index is 1130. The van der Waals surface area contributed by atoms with E-state index >= 15 is 0 Å². The zero-order valence-electron chi connectivity index (χ0n) is 13.3. The van der Waals surface area contributed by atoms with Crippen molar-refractivity contribution in [2.45, 2.75) is 6.92 Å². The standard InChI is InChI=1S/C15H11N7O4/c1-7-17-10-5-8(12(22(24)25)6-11(10)18-7)14-20-21-15(26-14)19-13(23)9-3-2-4-16-9/h2-6,16H,1H3,(H,17,18)(H,19,21,23). The zero-order valence-corrected chi connectivity index (χ0v) is 13.3. The van der Waals surface area contributed by atoms with Gasteiger partial charge in [0.1, 0.15) is 17.1 Å². The number of nitro groups is 1. The van der Waals surface area contributed by atoms with E-state index in [1.807, 2.05) is 0 Å². The van der Waals surface area contributed by atoms with E-state index in [1.165, 1.54) is 12.1 Å². The molecule has 130 valence electrons. The van der Waals surface area contributed by atoms with E-state index in [1.54, 1.807) is 25.3 Å². The molecule has 0 radical (unpaired) electrons. The summed E-state index contributed by atoms with van der Waals surface area (Å²) in [4.78, 5) is 32.7. The number of H-pyrrole nitrogens is 2. The number of benzene rings is 1. The first-order valence-electron chi connectivity index (χ1n) is 7.44. The maximum absolute atomic E-state index is 12.0. The Morgan fingerprint density at radius 2 is 2.19 bits per heavy atom. The highest BCUT2D eigenvalue weighted by Gasteiger charge is 2.23. The van der Waals surface area contributed by atoms with Gasteiger partial charge >= 0.3 is 6.01 Å². The lowest BCUT2D eigenvalue weighted by Crippen LogP contribution is -2.12. The van der Waals surface area contributed by atoms with Crippen LogP contribution in [0.3, 0.4) is 0 Å². The van der Waals surface area contributed by atoms with Crippen LogP contribution in [0.15, 0.2) is 34.9 Å². The molecule has 0 aliphatic rings. The van der Waals surface area contributed by atoms with Gasteiger partial charge in [-0.05, 0) is 25.1 Å². The molecule has 4 aromatic rings. The van der Waals surface area contributed by atoms with E-state index in [0.717, 1.165) is 0 Å². The summed E-state index contributed by atoms with van der Waals surface area (Å²) in [6.07, 6.45) is 1.60. The molecule has 11 heteroatoms. The Labute approximate surface area is 144 Å². The predicted octanol–water partition coefficient (Wildman–Crippen LogP) is 2.41. The summed E-state index contributed by atoms with van der Waals surface area (Å²) in [5.41, 5.74) is 1.26. The fraction of sp³-hybridized carbons (Fsp3) is 0.0667. The van der Waals surface area contributed by atoms with Gasteiger partial charge in [0.15, 0.2) is 0 Å². The molecule has 1 aromatic carbocycles. The Morgan fingerprint density at radius 1 is 1.35 bits per heavy atom. The quantitative estimate of drug-likeness (QED) is 0.375. The van der Waals surface area contributed by atoms with Gasteiger partial charge in [0.2, 0.25) is 0 Å². The summed E-state index contributed by atoms with van der Waals surface area (Å²) in [6, 6.07) is 5.91. The normalized spacial score (nSPS) is 11.0. The summed E-state index contributed by atoms with van der Waals surface area (Å²) in [6.45, 7) is 1.74. The lowest BCUT2D eigenvalue weighted by atomic mass is 10.1. The van der Waals surface area contributed by atoms with Crippen molar-refractivity contribution in [3.05, 3.63) is 52.1 Å². The molecule has 3 heterocycles. The number of carbonyl (C=O) groups excluding carboxylic acids is 1. The van der Waals surface area contributed by atoms with Crippen LogP contribution in [0.2, 0.25) is 0 Å². The smallest absolute Gasteiger partial charge is 0.322 e. The second-order valence-corrected chi connectivity index (χ2v) is 5.42. The highest BCUT2D eigenvalue weighted by Crippen LogP contribution is 2.33. The molecule has 0 aliphatic carbocycles. The molecule has 3 N–H and O–H groups in total. The maximum Gasteiger partial charge on any atom is 0.322 e. The molecule has 0 saturated heterocycles. The minimum Gasteiger partial charge on any atom is -0.403 e. The number of anilines is 1. The van der Waals surface area contributed by atoms with Gasteiger partial charge in [-0.25, -0.2) is 4.98 Å². The number of aromatic amines is 2. The zero-order chi connectivity index (χ0) is 18.3. The van der Waals surface area contributed by atoms with E-state index in [2.05, 4.69) is 30.5 Å². The van der Waals surface area contributed by atoms with E-state index < -0.39 is 10.8 Å². The Balaban J connectivity index is 1.71. The molecule has 1 amide bonds. The summed E-state index contributed by atoms with van der Waals surface area (Å²) >= 11 is 0. The monoisotopic (exact) mass is 353 g/mol. The van der Waals surface area contributed by atoms with Crippen LogP contribution in [0.5, 0.6) is 0 Å². The van der Waals surface area contributed by atoms with Crippen LogP contribution < -0.4 is 5.32 Å². The second kappa shape index (κ2) is 5.81. The van der Waals surface area contributed by atoms with Gasteiger partial charge in [-0.15, -0.1) is 5.10 Å². The van der Waals surface area contributed by atoms with Crippen molar-refractivity contribution in [1.82, 2.24) is 25.1 Å². The lowest BCUT2D eigenvalue weighted by Gasteiger charge is -1.99. The Morgan fingerprint density at radius 3 is 2.92 bits per heavy atom. The number of fused-ring (bicyclic) bond motifs is 1. The molecule has 0 fully saturated rings. The van der Waals surface area contributed by atoms with Crippen LogP contribution in [-0.2, 0) is 0 Å². The number of nitrogens with zero attached hydrogens (tertiary/aromatic N) is 4. The largest absolute Gasteiger partial charge is 0.403 e. The highest BCUT2D eigenvalue weighted by atomic mass is 16.6. The SMILES string of the molecule is Cc1nc2cc(-c3nnc(NC(=O)c4ccc[nH]4)o3)c([N+](=O)[O-])cc2[nH]1. The first-order chi connectivity index (χ1) is 12.5. The Hall–Kier alpha value is -4.02. The third-order valence-electron chi connectivity index (χ3n) is 3.63. The van der Waals surface area contributed by atoms with Gasteiger partial charge in [-0.2, -0.15) is 0 Å². The molecule has 26 heavy (non-hydrogen) atoms. The van der Waals surface area contributed by atoms with Crippen LogP contribution in [0, 0.1) is 17.0 Å². The van der Waals surface area contributed by atoms with E-state index in [4.69, 9.17) is 4.42 Å². The maximum atomic E-state index is 12.0. The summed E-state index contributed by atoms with van der Waals surface area (Å²) < 4.78 is 5.37. The van der Waals surface area contributed by atoms with Crippen LogP contribution in [-0.4, -0.2) is 36.0 Å². The number of rotatable bonds is 4. The molecule has 0 saturated carbocycles. The van der Waals surface area contributed by atoms with Gasteiger partial charge < -0.3 is 14.4 Å². The van der Waals surface area contributed by atoms with E-state index in [0.29, 0.717) is 22.6 Å². The van der Waals surface area contributed by atoms with Gasteiger partial charge in [0, 0.05) is 12.3 Å². The second-order valence-electron chi connectivity index (χ2n) is 5.42. The van der Waals surface area contributed by atoms with Gasteiger partial charge in [0.25, 0.3) is 17.5 Å². The van der Waals surface area contributed by atoms with Crippen molar-refractivity contribution in [2.75, 3.05) is 5.32 Å². The van der Waals surface area contributed by atoms with Gasteiger partial charge in [0.05, 0.1) is 16.0 Å². The van der Waals surface area contributed by atoms with Crippen LogP contribution in [0.1, 0.15) is 16.3 Å². The van der Waals surface area contributed by atoms with E-state index in [-0.39, 0.29) is 23.2 Å². The third-order valence-corrected chi connectivity index (χ3v) is 3.63. The van der Waals surface area contributed by atoms with Crippen molar-refractivity contribution >= 4 is 28.6 Å². The summed E-state index contributed by atoms with van der Waals surface area (Å²) in [7, 11) is 0. The number of carbonyl (C=O) groups is 1. The van der Waals surface area contributed by atoms with Gasteiger partial charge in [-0.3, -0.25) is 20.2 Å². The highest BCUT2D eigenvalue weighted by molar-refractivity contribution is 6.01. The number of nitrogens with one attached hydrogen (secondary N) is 3. The molecule has 0 aliphatic heterocycles. The summed E-state index contributed by atoms with van der Waals surface area (Å²) in [5, 5.41) is 21.3. The average Bonchev–Trinajstić information content (AvgIpc) is 3.33. The number of aromatic nitrogens is 5. The number of imidazole rings is 1. The molecule has 0 atom stereocenters. The van der Waals surface area contributed by atoms with Crippen molar-refractivity contribution in [2.24, 2.45) is 0 Å². The van der Waals surface area contributed by atoms with Crippen molar-refractivity contribution in [1.29, 1.82) is 0 Å². The van der Waals surface area contributed by atoms with Crippen LogP contribution in [0.4, 0.5) is 11.7 Å². The molecule has 4 rings (SSSR count). The Kier molecular flexibility index (Phi) is 3.46. The number of aryl methyl sites for hydroxylation is 1. The summed E-state index contributed by atoms with van der Waals surface area (Å²) in [5.74, 6) is 0.0509. The molecule has 0 bridgehead atoms. The molecule has 11 nitrogen and oxygen atoms in total. The van der Waals surface area contributed by atoms with Crippen LogP contribution >= 0.6 is 0 Å². The topological polar surface area (TPSA) is 156 Å². The van der Waals surface area contributed by atoms with Crippen molar-refractivity contribution in [3.63, 3.8) is 0 Å². The first kappa shape index (κ1) is 15.5. The first-order valence-corrected chi connectivity index (χ1v) is 7.44. The third kappa shape index (κ3) is 2.66. The van der Waals surface area contributed by atoms with Crippen molar-refractivity contribution < 1.29 is 14.1 Å². The fourth-order valence-corrected chi connectivity index (χ4v) is 2.51. The number of hydrogen-bond acceptors (Lipinski definition) is 7. The van der Waals surface area contributed by atoms with Gasteiger partial charge in [-0.1, -0.05) is 5.10 Å². The minimum absolute atomic E-state index is 0.0963. The minimum atomic E-state index is -0.549. The molecular weight excluding hydrogens is 342 g/mol. The molecule has 0 spiro atoms. The van der Waals surface area contributed by atoms with E-state index in [9.17, 15) is 14.9 Å². The number of nitro benzene ring substituents is 1. The molecular formula is C15H11N7O4. The number of hydrogen-bond donors (Lipinski definition) is 3. The molecule has 3 aromatic heterocycles.